The fraction of sp³-hybridized carbons (Fsp3) is 0.120. The number of carbonyl (C=O) groups excluding carboxylic acids is 1. The van der Waals surface area contributed by atoms with Crippen LogP contribution in [0.3, 0.4) is 0 Å². The van der Waals surface area contributed by atoms with Crippen molar-refractivity contribution in [3.05, 3.63) is 99.3 Å². The molecule has 1 atom stereocenters. The van der Waals surface area contributed by atoms with Crippen molar-refractivity contribution in [2.24, 2.45) is 5.73 Å². The van der Waals surface area contributed by atoms with E-state index in [1.807, 2.05) is 6.07 Å². The van der Waals surface area contributed by atoms with E-state index in [9.17, 15) is 14.0 Å². The zero-order valence-corrected chi connectivity index (χ0v) is 19.9. The summed E-state index contributed by atoms with van der Waals surface area (Å²) >= 11 is 6.27. The smallest absolute Gasteiger partial charge is 0.252 e. The number of rotatable bonds is 5. The number of hydrogen-bond acceptors (Lipinski definition) is 6. The Morgan fingerprint density at radius 1 is 1.14 bits per heavy atom. The lowest BCUT2D eigenvalue weighted by Crippen LogP contribution is -2.23. The van der Waals surface area contributed by atoms with Crippen LogP contribution in [0.25, 0.3) is 28.1 Å². The third-order valence-corrected chi connectivity index (χ3v) is 6.69. The molecule has 0 bridgehead atoms. The van der Waals surface area contributed by atoms with Gasteiger partial charge < -0.3 is 15.3 Å². The van der Waals surface area contributed by atoms with Crippen LogP contribution in [-0.4, -0.2) is 40.6 Å². The first-order chi connectivity index (χ1) is 17.9. The third kappa shape index (κ3) is 3.99. The number of H-pyrrole nitrogens is 1. The van der Waals surface area contributed by atoms with Gasteiger partial charge in [0, 0.05) is 27.9 Å². The van der Waals surface area contributed by atoms with Crippen LogP contribution in [0.2, 0.25) is 5.02 Å². The van der Waals surface area contributed by atoms with Crippen LogP contribution in [0, 0.1) is 5.82 Å². The number of pyridine rings is 1. The third-order valence-electron chi connectivity index (χ3n) is 6.46. The fourth-order valence-electron chi connectivity index (χ4n) is 4.76. The molecule has 3 aromatic heterocycles. The van der Waals surface area contributed by atoms with Crippen LogP contribution < -0.4 is 11.3 Å². The number of amides is 1. The van der Waals surface area contributed by atoms with Gasteiger partial charge in [-0.15, -0.1) is 5.10 Å². The summed E-state index contributed by atoms with van der Waals surface area (Å²) in [6.45, 7) is 0. The van der Waals surface area contributed by atoms with Crippen molar-refractivity contribution < 1.29 is 9.18 Å². The summed E-state index contributed by atoms with van der Waals surface area (Å²) in [5.41, 5.74) is 8.87. The number of primary amides is 1. The first kappa shape index (κ1) is 22.8. The van der Waals surface area contributed by atoms with Gasteiger partial charge in [0.15, 0.2) is 0 Å². The second-order valence-electron chi connectivity index (χ2n) is 8.65. The van der Waals surface area contributed by atoms with Gasteiger partial charge in [0.1, 0.15) is 18.0 Å². The fourth-order valence-corrected chi connectivity index (χ4v) is 4.93. The van der Waals surface area contributed by atoms with Crippen LogP contribution in [0.1, 0.15) is 34.3 Å². The number of aromatic amines is 1. The number of benzene rings is 2. The van der Waals surface area contributed by atoms with Crippen LogP contribution in [-0.2, 0) is 6.42 Å². The number of imidazole rings is 1. The molecule has 1 aliphatic heterocycles. The van der Waals surface area contributed by atoms with Crippen LogP contribution >= 0.6 is 11.6 Å². The zero-order chi connectivity index (χ0) is 25.7. The Balaban J connectivity index is 1.36. The van der Waals surface area contributed by atoms with Gasteiger partial charge in [0.05, 0.1) is 29.2 Å². The molecule has 4 heterocycles. The molecule has 5 aromatic rings. The Hall–Kier alpha value is -4.64. The molecule has 1 aliphatic rings. The number of hydrogen-bond donors (Lipinski definition) is 2. The van der Waals surface area contributed by atoms with Crippen molar-refractivity contribution in [1.82, 2.24) is 34.7 Å². The molecule has 0 saturated heterocycles. The zero-order valence-electron chi connectivity index (χ0n) is 19.1. The van der Waals surface area contributed by atoms with Crippen LogP contribution in [0.5, 0.6) is 0 Å². The molecule has 0 radical (unpaired) electrons. The monoisotopic (exact) mass is 516 g/mol. The number of nitrogens with one attached hydrogen (secondary N) is 1. The van der Waals surface area contributed by atoms with Crippen molar-refractivity contribution in [3.63, 3.8) is 0 Å². The highest BCUT2D eigenvalue weighted by Crippen LogP contribution is 2.34. The van der Waals surface area contributed by atoms with E-state index in [-0.39, 0.29) is 17.2 Å². The van der Waals surface area contributed by atoms with E-state index in [0.717, 1.165) is 11.3 Å². The van der Waals surface area contributed by atoms with Gasteiger partial charge in [0.25, 0.3) is 11.5 Å². The Labute approximate surface area is 213 Å². The van der Waals surface area contributed by atoms with Gasteiger partial charge in [0.2, 0.25) is 0 Å². The summed E-state index contributed by atoms with van der Waals surface area (Å²) in [6, 6.07) is 12.7. The maximum atomic E-state index is 14.3. The molecule has 3 N–H and O–H groups in total. The lowest BCUT2D eigenvalue weighted by Gasteiger charge is -2.15. The first-order valence-electron chi connectivity index (χ1n) is 11.3. The summed E-state index contributed by atoms with van der Waals surface area (Å²) in [4.78, 5) is 32.3. The van der Waals surface area contributed by atoms with Gasteiger partial charge in [-0.3, -0.25) is 9.59 Å². The van der Waals surface area contributed by atoms with E-state index in [0.29, 0.717) is 46.2 Å². The number of aryl methyl sites for hydroxylation is 1. The minimum Gasteiger partial charge on any atom is -0.366 e. The lowest BCUT2D eigenvalue weighted by molar-refractivity contribution is 0.0996. The van der Waals surface area contributed by atoms with E-state index < -0.39 is 11.7 Å². The SMILES string of the molecule is NC(=O)c1ccc(-c2cnc(C3CCc4cc(-c5cc(Cl)ccc5-n5cnnn5)cc(=O)n43)[nH]2)cc1F. The van der Waals surface area contributed by atoms with Crippen molar-refractivity contribution in [2.75, 3.05) is 0 Å². The number of tetrazole rings is 1. The van der Waals surface area contributed by atoms with E-state index in [1.54, 1.807) is 41.1 Å². The first-order valence-corrected chi connectivity index (χ1v) is 11.7. The number of nitrogens with two attached hydrogens (primary N) is 1. The maximum absolute atomic E-state index is 14.3. The molecule has 1 unspecified atom stereocenters. The molecular formula is C25H18ClFN8O2. The Kier molecular flexibility index (Phi) is 5.41. The second kappa shape index (κ2) is 8.79. The molecule has 0 saturated carbocycles. The van der Waals surface area contributed by atoms with Crippen molar-refractivity contribution in [1.29, 1.82) is 0 Å². The van der Waals surface area contributed by atoms with Gasteiger partial charge in [-0.25, -0.2) is 9.37 Å². The molecule has 0 spiro atoms. The Bertz CT molecular complexity index is 1730. The normalized spacial score (nSPS) is 14.6. The summed E-state index contributed by atoms with van der Waals surface area (Å²) in [5.74, 6) is -0.961. The molecule has 2 aromatic carbocycles. The molecule has 37 heavy (non-hydrogen) atoms. The number of carbonyl (C=O) groups is 1. The van der Waals surface area contributed by atoms with Gasteiger partial charge in [-0.2, -0.15) is 4.68 Å². The predicted molar refractivity (Wildman–Crippen MR) is 133 cm³/mol. The minimum absolute atomic E-state index is 0.182. The number of nitrogens with zero attached hydrogens (tertiary/aromatic N) is 6. The van der Waals surface area contributed by atoms with Gasteiger partial charge in [-0.05, 0) is 65.2 Å². The highest BCUT2D eigenvalue weighted by molar-refractivity contribution is 6.31. The number of aromatic nitrogens is 7. The van der Waals surface area contributed by atoms with E-state index in [1.165, 1.54) is 23.1 Å². The Morgan fingerprint density at radius 3 is 2.76 bits per heavy atom. The quantitative estimate of drug-likeness (QED) is 0.367. The van der Waals surface area contributed by atoms with E-state index in [2.05, 4.69) is 25.5 Å². The molecule has 10 nitrogen and oxygen atoms in total. The molecular weight excluding hydrogens is 499 g/mol. The highest BCUT2D eigenvalue weighted by Gasteiger charge is 2.28. The van der Waals surface area contributed by atoms with E-state index >= 15 is 0 Å². The standard InChI is InChI=1S/C25H18ClFN8O2/c26-15-2-5-21(34-12-30-32-33-34)18(10-15)14-7-16-3-6-22(35(16)23(36)9-14)25-29-11-20(31-25)13-1-4-17(24(28)37)19(27)8-13/h1-2,4-5,7-12,22H,3,6H2,(H2,28,37)(H,29,31). The van der Waals surface area contributed by atoms with Crippen molar-refractivity contribution in [2.45, 2.75) is 18.9 Å². The van der Waals surface area contributed by atoms with Gasteiger partial charge >= 0.3 is 0 Å². The summed E-state index contributed by atoms with van der Waals surface area (Å²) in [6.07, 6.45) is 4.38. The average molecular weight is 517 g/mol. The molecule has 0 fully saturated rings. The predicted octanol–water partition coefficient (Wildman–Crippen LogP) is 3.31. The molecule has 6 rings (SSSR count). The topological polar surface area (TPSA) is 137 Å². The number of fused-ring (bicyclic) bond motifs is 1. The maximum Gasteiger partial charge on any atom is 0.252 e. The minimum atomic E-state index is -0.835. The molecule has 184 valence electrons. The largest absolute Gasteiger partial charge is 0.366 e. The number of halogens is 2. The molecule has 1 amide bonds. The van der Waals surface area contributed by atoms with E-state index in [4.69, 9.17) is 17.3 Å². The summed E-state index contributed by atoms with van der Waals surface area (Å²) in [7, 11) is 0. The van der Waals surface area contributed by atoms with Crippen LogP contribution in [0.15, 0.2) is 65.8 Å². The van der Waals surface area contributed by atoms with Crippen molar-refractivity contribution in [3.8, 4) is 28.1 Å². The average Bonchev–Trinajstić information content (AvgIpc) is 3.64. The molecule has 12 heteroatoms. The lowest BCUT2D eigenvalue weighted by atomic mass is 10.0. The van der Waals surface area contributed by atoms with Crippen LogP contribution in [0.4, 0.5) is 4.39 Å². The highest BCUT2D eigenvalue weighted by atomic mass is 35.5. The summed E-state index contributed by atoms with van der Waals surface area (Å²) < 4.78 is 17.5. The van der Waals surface area contributed by atoms with Crippen molar-refractivity contribution >= 4 is 17.5 Å². The Morgan fingerprint density at radius 2 is 2.00 bits per heavy atom. The second-order valence-corrected chi connectivity index (χ2v) is 9.09. The van der Waals surface area contributed by atoms with Gasteiger partial charge in [-0.1, -0.05) is 17.7 Å². The summed E-state index contributed by atoms with van der Waals surface area (Å²) in [5, 5.41) is 11.9. The molecule has 0 aliphatic carbocycles.